The molecule has 2 fully saturated rings. The predicted molar refractivity (Wildman–Crippen MR) is 84.4 cm³/mol. The lowest BCUT2D eigenvalue weighted by Crippen LogP contribution is -2.51. The molecular formula is C15H17F3N6O2. The average molecular weight is 370 g/mol. The van der Waals surface area contributed by atoms with Crippen molar-refractivity contribution >= 4 is 11.6 Å². The highest BCUT2D eigenvalue weighted by Crippen LogP contribution is 2.31. The number of aromatic amines is 1. The lowest BCUT2D eigenvalue weighted by atomic mass is 10.0. The van der Waals surface area contributed by atoms with Crippen molar-refractivity contribution < 1.29 is 22.6 Å². The highest BCUT2D eigenvalue weighted by atomic mass is 19.3. The smallest absolute Gasteiger partial charge is 0.388 e. The van der Waals surface area contributed by atoms with Gasteiger partial charge in [0, 0.05) is 24.6 Å². The molecule has 140 valence electrons. The molecule has 0 aromatic carbocycles. The van der Waals surface area contributed by atoms with Gasteiger partial charge in [-0.05, 0) is 12.8 Å². The van der Waals surface area contributed by atoms with Gasteiger partial charge in [-0.3, -0.25) is 4.98 Å². The van der Waals surface area contributed by atoms with Crippen LogP contribution in [0.3, 0.4) is 0 Å². The number of ether oxygens (including phenoxy) is 2. The van der Waals surface area contributed by atoms with Gasteiger partial charge in [-0.25, -0.2) is 9.49 Å². The number of fused-ring (bicyclic) bond motifs is 2. The van der Waals surface area contributed by atoms with E-state index in [0.29, 0.717) is 6.42 Å². The second-order valence-corrected chi connectivity index (χ2v) is 6.25. The van der Waals surface area contributed by atoms with Gasteiger partial charge in [-0.2, -0.15) is 18.9 Å². The van der Waals surface area contributed by atoms with E-state index in [4.69, 9.17) is 4.74 Å². The van der Waals surface area contributed by atoms with Crippen LogP contribution in [0.15, 0.2) is 18.5 Å². The van der Waals surface area contributed by atoms with E-state index in [9.17, 15) is 13.2 Å². The quantitative estimate of drug-likeness (QED) is 0.717. The molecule has 2 bridgehead atoms. The summed E-state index contributed by atoms with van der Waals surface area (Å²) in [6.07, 6.45) is 3.46. The highest BCUT2D eigenvalue weighted by Gasteiger charge is 2.43. The van der Waals surface area contributed by atoms with Crippen LogP contribution in [0.4, 0.5) is 24.8 Å². The molecule has 0 saturated carbocycles. The fourth-order valence-electron chi connectivity index (χ4n) is 3.35. The van der Waals surface area contributed by atoms with Crippen molar-refractivity contribution in [3.05, 3.63) is 18.5 Å². The van der Waals surface area contributed by atoms with Crippen molar-refractivity contribution in [2.45, 2.75) is 50.2 Å². The number of alkyl halides is 3. The minimum atomic E-state index is -2.95. The maximum Gasteiger partial charge on any atom is 0.388 e. The number of rotatable bonds is 6. The second kappa shape index (κ2) is 6.98. The van der Waals surface area contributed by atoms with Crippen LogP contribution in [-0.2, 0) is 0 Å². The topological polar surface area (TPSA) is 97.0 Å². The molecule has 4 rings (SSSR count). The van der Waals surface area contributed by atoms with Crippen LogP contribution in [0.5, 0.6) is 11.8 Å². The fourth-order valence-corrected chi connectivity index (χ4v) is 3.35. The molecule has 2 aliphatic heterocycles. The van der Waals surface area contributed by atoms with Crippen molar-refractivity contribution in [2.75, 3.05) is 5.32 Å². The average Bonchev–Trinajstić information content (AvgIpc) is 3.20. The van der Waals surface area contributed by atoms with Gasteiger partial charge in [0.2, 0.25) is 11.8 Å². The van der Waals surface area contributed by atoms with Crippen LogP contribution in [0, 0.1) is 0 Å². The van der Waals surface area contributed by atoms with Crippen molar-refractivity contribution in [2.24, 2.45) is 0 Å². The summed E-state index contributed by atoms with van der Waals surface area (Å²) in [5, 5.41) is 12.1. The molecule has 0 spiro atoms. The van der Waals surface area contributed by atoms with Gasteiger partial charge in [0.05, 0.1) is 12.4 Å². The number of nitrogens with zero attached hydrogens (tertiary/aromatic N) is 3. The molecule has 26 heavy (non-hydrogen) atoms. The fraction of sp³-hybridized carbons (Fsp3) is 0.533. The first-order chi connectivity index (χ1) is 12.6. The highest BCUT2D eigenvalue weighted by molar-refractivity contribution is 5.52. The summed E-state index contributed by atoms with van der Waals surface area (Å²) >= 11 is 0. The largest absolute Gasteiger partial charge is 0.470 e. The zero-order chi connectivity index (χ0) is 18.1. The van der Waals surface area contributed by atoms with Gasteiger partial charge in [-0.15, -0.1) is 0 Å². The van der Waals surface area contributed by atoms with Crippen molar-refractivity contribution in [1.82, 2.24) is 25.5 Å². The Morgan fingerprint density at radius 3 is 2.96 bits per heavy atom. The number of anilines is 2. The normalized spacial score (nSPS) is 27.5. The molecule has 0 unspecified atom stereocenters. The third-order valence-corrected chi connectivity index (χ3v) is 4.44. The van der Waals surface area contributed by atoms with E-state index >= 15 is 0 Å². The minimum absolute atomic E-state index is 0.176. The molecule has 3 N–H and O–H groups in total. The Labute approximate surface area is 146 Å². The SMILES string of the molecule is FC(F)Oc1cc(Nc2cncc(O[C@@H]3C[C@H]4CC[C@H](N4)[C@@H]3F)n2)n[nH]1. The van der Waals surface area contributed by atoms with Crippen LogP contribution in [0.2, 0.25) is 0 Å². The molecule has 2 saturated heterocycles. The van der Waals surface area contributed by atoms with Crippen LogP contribution in [0.1, 0.15) is 19.3 Å². The number of halogens is 3. The molecule has 2 aromatic heterocycles. The first kappa shape index (κ1) is 16.9. The van der Waals surface area contributed by atoms with E-state index in [-0.39, 0.29) is 35.5 Å². The Balaban J connectivity index is 1.41. The lowest BCUT2D eigenvalue weighted by molar-refractivity contribution is -0.0528. The molecule has 0 aliphatic carbocycles. The molecule has 4 atom stereocenters. The minimum Gasteiger partial charge on any atom is -0.470 e. The molecule has 8 nitrogen and oxygen atoms in total. The summed E-state index contributed by atoms with van der Waals surface area (Å²) in [5.74, 6) is 0.497. The van der Waals surface area contributed by atoms with Crippen LogP contribution in [-0.4, -0.2) is 51.1 Å². The number of hydrogen-bond donors (Lipinski definition) is 3. The molecular weight excluding hydrogens is 353 g/mol. The summed E-state index contributed by atoms with van der Waals surface area (Å²) < 4.78 is 48.7. The molecule has 0 radical (unpaired) electrons. The summed E-state index contributed by atoms with van der Waals surface area (Å²) in [7, 11) is 0. The van der Waals surface area contributed by atoms with Crippen LogP contribution < -0.4 is 20.1 Å². The van der Waals surface area contributed by atoms with Gasteiger partial charge in [0.15, 0.2) is 17.8 Å². The molecule has 2 aliphatic rings. The zero-order valence-corrected chi connectivity index (χ0v) is 13.5. The Morgan fingerprint density at radius 2 is 2.12 bits per heavy atom. The molecule has 2 aromatic rings. The maximum atomic E-state index is 14.4. The van der Waals surface area contributed by atoms with E-state index in [1.54, 1.807) is 0 Å². The number of aromatic nitrogens is 4. The monoisotopic (exact) mass is 370 g/mol. The zero-order valence-electron chi connectivity index (χ0n) is 13.5. The standard InChI is InChI=1S/C15H17F3N6O2/c16-14-8-2-1-7(20-8)3-9(14)25-13-6-19-5-11(22-13)21-10-4-12(24-23-10)26-15(17)18/h4-9,14-15,20H,1-3H2,(H2,21,22,23,24)/t7-,8+,9-,14+/m1/s1. The number of H-pyrrole nitrogens is 1. The predicted octanol–water partition coefficient (Wildman–Crippen LogP) is 2.15. The first-order valence-corrected chi connectivity index (χ1v) is 8.23. The Hall–Kier alpha value is -2.56. The first-order valence-electron chi connectivity index (χ1n) is 8.23. The van der Waals surface area contributed by atoms with Gasteiger partial charge < -0.3 is 20.1 Å². The van der Waals surface area contributed by atoms with Crippen molar-refractivity contribution in [1.29, 1.82) is 0 Å². The van der Waals surface area contributed by atoms with Gasteiger partial charge in [0.1, 0.15) is 6.10 Å². The van der Waals surface area contributed by atoms with E-state index in [0.717, 1.165) is 12.8 Å². The summed E-state index contributed by atoms with van der Waals surface area (Å²) in [4.78, 5) is 8.21. The summed E-state index contributed by atoms with van der Waals surface area (Å²) in [6, 6.07) is 1.35. The van der Waals surface area contributed by atoms with E-state index in [1.807, 2.05) is 0 Å². The Morgan fingerprint density at radius 1 is 1.23 bits per heavy atom. The van der Waals surface area contributed by atoms with Crippen LogP contribution >= 0.6 is 0 Å². The van der Waals surface area contributed by atoms with Crippen molar-refractivity contribution in [3.63, 3.8) is 0 Å². The van der Waals surface area contributed by atoms with E-state index in [1.165, 1.54) is 18.5 Å². The van der Waals surface area contributed by atoms with E-state index < -0.39 is 18.9 Å². The number of hydrogen-bond acceptors (Lipinski definition) is 7. The van der Waals surface area contributed by atoms with Gasteiger partial charge in [0.25, 0.3) is 0 Å². The van der Waals surface area contributed by atoms with Gasteiger partial charge in [-0.1, -0.05) is 0 Å². The van der Waals surface area contributed by atoms with Gasteiger partial charge >= 0.3 is 6.61 Å². The van der Waals surface area contributed by atoms with E-state index in [2.05, 4.69) is 35.5 Å². The second-order valence-electron chi connectivity index (χ2n) is 6.25. The number of nitrogens with one attached hydrogen (secondary N) is 3. The third kappa shape index (κ3) is 3.66. The Bertz CT molecular complexity index is 760. The van der Waals surface area contributed by atoms with Crippen LogP contribution in [0.25, 0.3) is 0 Å². The summed E-state index contributed by atoms with van der Waals surface area (Å²) in [5.41, 5.74) is 0. The lowest BCUT2D eigenvalue weighted by Gasteiger charge is -2.32. The Kier molecular flexibility index (Phi) is 4.53. The number of piperidine rings is 1. The van der Waals surface area contributed by atoms with Crippen molar-refractivity contribution in [3.8, 4) is 11.8 Å². The maximum absolute atomic E-state index is 14.4. The molecule has 4 heterocycles. The summed E-state index contributed by atoms with van der Waals surface area (Å²) in [6.45, 7) is -2.95. The third-order valence-electron chi connectivity index (χ3n) is 4.44. The molecule has 0 amide bonds. The molecule has 11 heteroatoms.